The van der Waals surface area contributed by atoms with E-state index in [2.05, 4.69) is 5.32 Å². The van der Waals surface area contributed by atoms with Gasteiger partial charge in [0.1, 0.15) is 12.4 Å². The van der Waals surface area contributed by atoms with Gasteiger partial charge in [-0.2, -0.15) is 12.7 Å². The van der Waals surface area contributed by atoms with Crippen LogP contribution in [0.15, 0.2) is 42.5 Å². The topological polar surface area (TPSA) is 69.7 Å². The summed E-state index contributed by atoms with van der Waals surface area (Å²) in [7, 11) is -1.51. The molecule has 2 rings (SSSR count). The van der Waals surface area contributed by atoms with Crippen molar-refractivity contribution in [3.05, 3.63) is 58.3 Å². The second-order valence-corrected chi connectivity index (χ2v) is 8.31. The third-order valence-corrected chi connectivity index (χ3v) is 5.90. The number of carbonyl (C=O) groups is 1. The molecular formula is C16H16Cl2FN3O3S. The Balaban J connectivity index is 2.31. The van der Waals surface area contributed by atoms with E-state index in [4.69, 9.17) is 23.2 Å². The number of anilines is 2. The number of benzene rings is 2. The summed E-state index contributed by atoms with van der Waals surface area (Å²) in [6, 6.07) is 9.73. The second-order valence-electron chi connectivity index (χ2n) is 5.43. The van der Waals surface area contributed by atoms with E-state index >= 15 is 0 Å². The molecule has 1 amide bonds. The van der Waals surface area contributed by atoms with Crippen LogP contribution in [0.3, 0.4) is 0 Å². The van der Waals surface area contributed by atoms with Gasteiger partial charge < -0.3 is 5.32 Å². The summed E-state index contributed by atoms with van der Waals surface area (Å²) in [5.41, 5.74) is 0.102. The second kappa shape index (κ2) is 8.22. The molecule has 0 fully saturated rings. The van der Waals surface area contributed by atoms with E-state index in [1.807, 2.05) is 0 Å². The number of nitrogens with one attached hydrogen (secondary N) is 1. The van der Waals surface area contributed by atoms with Crippen LogP contribution < -0.4 is 9.62 Å². The molecule has 1 N–H and O–H groups in total. The van der Waals surface area contributed by atoms with E-state index < -0.39 is 28.5 Å². The maximum Gasteiger partial charge on any atom is 0.304 e. The van der Waals surface area contributed by atoms with Crippen molar-refractivity contribution in [1.29, 1.82) is 0 Å². The number of amides is 1. The normalized spacial score (nSPS) is 11.5. The number of para-hydroxylation sites is 1. The highest BCUT2D eigenvalue weighted by atomic mass is 35.5. The summed E-state index contributed by atoms with van der Waals surface area (Å²) in [5.74, 6) is -1.43. The molecule has 0 aliphatic rings. The van der Waals surface area contributed by atoms with Crippen LogP contribution in [-0.2, 0) is 15.0 Å². The molecular weight excluding hydrogens is 404 g/mol. The average Bonchev–Trinajstić information content (AvgIpc) is 2.56. The van der Waals surface area contributed by atoms with Crippen LogP contribution in [0.4, 0.5) is 15.8 Å². The Morgan fingerprint density at radius 3 is 2.35 bits per heavy atom. The van der Waals surface area contributed by atoms with Crippen molar-refractivity contribution in [3.8, 4) is 0 Å². The number of rotatable bonds is 6. The van der Waals surface area contributed by atoms with Crippen LogP contribution >= 0.6 is 23.2 Å². The molecule has 140 valence electrons. The molecule has 0 saturated heterocycles. The fraction of sp³-hybridized carbons (Fsp3) is 0.188. The largest absolute Gasteiger partial charge is 0.324 e. The SMILES string of the molecule is CN(C)S(=O)(=O)N(CC(=O)Nc1ccc(Cl)c(Cl)c1)c1ccccc1F. The lowest BCUT2D eigenvalue weighted by Crippen LogP contribution is -2.44. The number of hydrogen-bond donors (Lipinski definition) is 1. The highest BCUT2D eigenvalue weighted by Crippen LogP contribution is 2.26. The van der Waals surface area contributed by atoms with E-state index in [1.54, 1.807) is 0 Å². The van der Waals surface area contributed by atoms with Gasteiger partial charge in [0.25, 0.3) is 0 Å². The highest BCUT2D eigenvalue weighted by molar-refractivity contribution is 7.90. The molecule has 2 aromatic carbocycles. The first-order valence-electron chi connectivity index (χ1n) is 7.32. The smallest absolute Gasteiger partial charge is 0.304 e. The molecule has 0 radical (unpaired) electrons. The van der Waals surface area contributed by atoms with Gasteiger partial charge in [0.2, 0.25) is 5.91 Å². The maximum atomic E-state index is 14.1. The number of halogens is 3. The fourth-order valence-electron chi connectivity index (χ4n) is 2.05. The first-order valence-corrected chi connectivity index (χ1v) is 9.48. The molecule has 6 nitrogen and oxygen atoms in total. The van der Waals surface area contributed by atoms with Crippen molar-refractivity contribution < 1.29 is 17.6 Å². The minimum Gasteiger partial charge on any atom is -0.324 e. The van der Waals surface area contributed by atoms with Crippen molar-refractivity contribution in [3.63, 3.8) is 0 Å². The van der Waals surface area contributed by atoms with Gasteiger partial charge in [-0.3, -0.25) is 4.79 Å². The van der Waals surface area contributed by atoms with Gasteiger partial charge in [0.05, 0.1) is 15.7 Å². The Morgan fingerprint density at radius 2 is 1.77 bits per heavy atom. The van der Waals surface area contributed by atoms with Crippen LogP contribution in [0.1, 0.15) is 0 Å². The molecule has 0 aliphatic carbocycles. The van der Waals surface area contributed by atoms with Gasteiger partial charge in [-0.25, -0.2) is 8.70 Å². The first-order chi connectivity index (χ1) is 12.1. The molecule has 0 heterocycles. The highest BCUT2D eigenvalue weighted by Gasteiger charge is 2.29. The van der Waals surface area contributed by atoms with E-state index in [0.717, 1.165) is 10.4 Å². The molecule has 0 aliphatic heterocycles. The molecule has 0 unspecified atom stereocenters. The maximum absolute atomic E-state index is 14.1. The van der Waals surface area contributed by atoms with Gasteiger partial charge >= 0.3 is 10.2 Å². The summed E-state index contributed by atoms with van der Waals surface area (Å²) in [5, 5.41) is 3.06. The molecule has 2 aromatic rings. The molecule has 0 saturated carbocycles. The van der Waals surface area contributed by atoms with Gasteiger partial charge in [-0.05, 0) is 30.3 Å². The van der Waals surface area contributed by atoms with Crippen molar-refractivity contribution in [2.24, 2.45) is 0 Å². The zero-order valence-corrected chi connectivity index (χ0v) is 16.2. The van der Waals surface area contributed by atoms with E-state index in [1.165, 1.54) is 50.5 Å². The van der Waals surface area contributed by atoms with Gasteiger partial charge in [0.15, 0.2) is 0 Å². The minimum absolute atomic E-state index is 0.231. The van der Waals surface area contributed by atoms with Crippen LogP contribution in [0, 0.1) is 5.82 Å². The van der Waals surface area contributed by atoms with Crippen LogP contribution in [0.5, 0.6) is 0 Å². The van der Waals surface area contributed by atoms with E-state index in [-0.39, 0.29) is 10.7 Å². The summed E-state index contributed by atoms with van der Waals surface area (Å²) in [6.07, 6.45) is 0. The molecule has 0 atom stereocenters. The summed E-state index contributed by atoms with van der Waals surface area (Å²) < 4.78 is 40.8. The molecule has 10 heteroatoms. The average molecular weight is 420 g/mol. The zero-order valence-electron chi connectivity index (χ0n) is 13.9. The van der Waals surface area contributed by atoms with Crippen LogP contribution in [0.2, 0.25) is 10.0 Å². The van der Waals surface area contributed by atoms with Crippen molar-refractivity contribution in [2.75, 3.05) is 30.3 Å². The van der Waals surface area contributed by atoms with Gasteiger partial charge in [0, 0.05) is 19.8 Å². The molecule has 0 spiro atoms. The third kappa shape index (κ3) is 4.64. The quantitative estimate of drug-likeness (QED) is 0.779. The minimum atomic E-state index is -4.10. The predicted octanol–water partition coefficient (Wildman–Crippen LogP) is 3.38. The third-order valence-electron chi connectivity index (χ3n) is 3.35. The Labute approximate surface area is 161 Å². The lowest BCUT2D eigenvalue weighted by Gasteiger charge is -2.27. The molecule has 0 aromatic heterocycles. The predicted molar refractivity (Wildman–Crippen MR) is 101 cm³/mol. The first kappa shape index (κ1) is 20.4. The van der Waals surface area contributed by atoms with Crippen molar-refractivity contribution in [1.82, 2.24) is 4.31 Å². The monoisotopic (exact) mass is 419 g/mol. The summed E-state index contributed by atoms with van der Waals surface area (Å²) in [6.45, 7) is -0.623. The molecule has 0 bridgehead atoms. The Kier molecular flexibility index (Phi) is 6.46. The summed E-state index contributed by atoms with van der Waals surface area (Å²) in [4.78, 5) is 12.3. The van der Waals surface area contributed by atoms with Gasteiger partial charge in [-0.1, -0.05) is 35.3 Å². The van der Waals surface area contributed by atoms with E-state index in [0.29, 0.717) is 15.0 Å². The van der Waals surface area contributed by atoms with Crippen LogP contribution in [-0.4, -0.2) is 39.3 Å². The standard InChI is InChI=1S/C16H16Cl2FN3O3S/c1-21(2)26(24,25)22(15-6-4-3-5-14(15)19)10-16(23)20-11-7-8-12(17)13(18)9-11/h3-9H,10H2,1-2H3,(H,20,23). The van der Waals surface area contributed by atoms with Crippen LogP contribution in [0.25, 0.3) is 0 Å². The zero-order chi connectivity index (χ0) is 19.5. The number of nitrogens with zero attached hydrogens (tertiary/aromatic N) is 2. The lowest BCUT2D eigenvalue weighted by molar-refractivity contribution is -0.114. The Bertz CT molecular complexity index is 923. The van der Waals surface area contributed by atoms with Gasteiger partial charge in [-0.15, -0.1) is 0 Å². The Hall–Kier alpha value is -1.87. The van der Waals surface area contributed by atoms with E-state index in [9.17, 15) is 17.6 Å². The number of carbonyl (C=O) groups excluding carboxylic acids is 1. The molecule has 26 heavy (non-hydrogen) atoms. The van der Waals surface area contributed by atoms with Crippen molar-refractivity contribution in [2.45, 2.75) is 0 Å². The van der Waals surface area contributed by atoms with Crippen molar-refractivity contribution >= 4 is 50.7 Å². The lowest BCUT2D eigenvalue weighted by atomic mass is 10.3. The fourth-order valence-corrected chi connectivity index (χ4v) is 3.42. The Morgan fingerprint density at radius 1 is 1.12 bits per heavy atom. The number of hydrogen-bond acceptors (Lipinski definition) is 3. The summed E-state index contributed by atoms with van der Waals surface area (Å²) >= 11 is 11.7.